The maximum Gasteiger partial charge on any atom is 0.338 e. The largest absolute Gasteiger partial charge is 0.456 e. The summed E-state index contributed by atoms with van der Waals surface area (Å²) in [4.78, 5) is 12.5. The molecule has 7 heteroatoms. The molecule has 4 rings (SSSR count). The third-order valence-corrected chi connectivity index (χ3v) is 5.55. The van der Waals surface area contributed by atoms with E-state index in [2.05, 4.69) is 0 Å². The van der Waals surface area contributed by atoms with Crippen molar-refractivity contribution in [2.75, 3.05) is 0 Å². The lowest BCUT2D eigenvalue weighted by Gasteiger charge is -2.29. The maximum absolute atomic E-state index is 12.5. The van der Waals surface area contributed by atoms with Crippen molar-refractivity contribution in [2.24, 2.45) is 0 Å². The third-order valence-electron chi connectivity index (χ3n) is 5.18. The van der Waals surface area contributed by atoms with Crippen LogP contribution in [-0.4, -0.2) is 42.5 Å². The van der Waals surface area contributed by atoms with E-state index in [-0.39, 0.29) is 6.61 Å². The Kier molecular flexibility index (Phi) is 6.14. The van der Waals surface area contributed by atoms with E-state index in [0.29, 0.717) is 10.6 Å². The maximum atomic E-state index is 12.5. The molecule has 2 fully saturated rings. The first kappa shape index (κ1) is 21.3. The fourth-order valence-electron chi connectivity index (χ4n) is 3.75. The normalized spacial score (nSPS) is 28.1. The van der Waals surface area contributed by atoms with Gasteiger partial charge in [-0.05, 0) is 44.5 Å². The number of hydrogen-bond acceptors (Lipinski definition) is 6. The molecule has 0 spiro atoms. The summed E-state index contributed by atoms with van der Waals surface area (Å²) in [7, 11) is 0. The topological polar surface area (TPSA) is 63.2 Å². The van der Waals surface area contributed by atoms with Crippen molar-refractivity contribution in [3.63, 3.8) is 0 Å². The van der Waals surface area contributed by atoms with E-state index in [4.69, 9.17) is 35.3 Å². The predicted octanol–water partition coefficient (Wildman–Crippen LogP) is 4.35. The Morgan fingerprint density at radius 2 is 1.80 bits per heavy atom. The second-order valence-corrected chi connectivity index (χ2v) is 8.32. The highest BCUT2D eigenvalue weighted by Crippen LogP contribution is 2.40. The standard InChI is InChI=1S/C23H25ClO6/c1-14(27-21(25)15-9-5-4-6-10-15)18-19(20-22(28-18)30-23(2,3)29-20)26-13-16-11-7-8-12-17(16)24/h4-12,14,18-20,22H,13H2,1-3H3/t14-,18+,19-,20+,22+/m0/s1. The molecule has 0 radical (unpaired) electrons. The number of ether oxygens (including phenoxy) is 5. The van der Waals surface area contributed by atoms with Gasteiger partial charge in [0.25, 0.3) is 0 Å². The van der Waals surface area contributed by atoms with E-state index in [1.807, 2.05) is 44.2 Å². The molecule has 2 aromatic rings. The first-order valence-electron chi connectivity index (χ1n) is 9.96. The summed E-state index contributed by atoms with van der Waals surface area (Å²) in [5.41, 5.74) is 1.33. The van der Waals surface area contributed by atoms with Crippen molar-refractivity contribution in [3.8, 4) is 0 Å². The summed E-state index contributed by atoms with van der Waals surface area (Å²) in [6.07, 6.45) is -2.66. The van der Waals surface area contributed by atoms with Gasteiger partial charge >= 0.3 is 5.97 Å². The Labute approximate surface area is 181 Å². The molecule has 0 unspecified atom stereocenters. The van der Waals surface area contributed by atoms with Gasteiger partial charge < -0.3 is 23.7 Å². The van der Waals surface area contributed by atoms with Crippen molar-refractivity contribution < 1.29 is 28.5 Å². The van der Waals surface area contributed by atoms with Crippen LogP contribution in [0.1, 0.15) is 36.7 Å². The number of esters is 1. The molecule has 6 nitrogen and oxygen atoms in total. The summed E-state index contributed by atoms with van der Waals surface area (Å²) >= 11 is 6.27. The lowest BCUT2D eigenvalue weighted by atomic mass is 10.1. The van der Waals surface area contributed by atoms with Gasteiger partial charge in [0.1, 0.15) is 24.4 Å². The van der Waals surface area contributed by atoms with E-state index in [1.165, 1.54) is 0 Å². The van der Waals surface area contributed by atoms with Crippen LogP contribution in [0.3, 0.4) is 0 Å². The van der Waals surface area contributed by atoms with Gasteiger partial charge in [-0.1, -0.05) is 48.0 Å². The lowest BCUT2D eigenvalue weighted by Crippen LogP contribution is -2.43. The highest BCUT2D eigenvalue weighted by molar-refractivity contribution is 6.31. The molecule has 0 amide bonds. The van der Waals surface area contributed by atoms with Crippen molar-refractivity contribution in [1.29, 1.82) is 0 Å². The Hall–Kier alpha value is -1.96. The molecular weight excluding hydrogens is 408 g/mol. The van der Waals surface area contributed by atoms with Crippen LogP contribution in [0.25, 0.3) is 0 Å². The minimum atomic E-state index is -0.781. The smallest absolute Gasteiger partial charge is 0.338 e. The quantitative estimate of drug-likeness (QED) is 0.632. The molecule has 2 aromatic carbocycles. The van der Waals surface area contributed by atoms with Crippen LogP contribution in [0, 0.1) is 0 Å². The van der Waals surface area contributed by atoms with Crippen LogP contribution in [0.4, 0.5) is 0 Å². The third kappa shape index (κ3) is 4.53. The SMILES string of the molecule is C[C@H](OC(=O)c1ccccc1)[C@H]1O[C@@H]2OC(C)(C)O[C@@H]2[C@H]1OCc1ccccc1Cl. The zero-order valence-electron chi connectivity index (χ0n) is 17.1. The second kappa shape index (κ2) is 8.65. The highest BCUT2D eigenvalue weighted by atomic mass is 35.5. The van der Waals surface area contributed by atoms with Gasteiger partial charge in [-0.2, -0.15) is 0 Å². The molecule has 2 heterocycles. The number of carbonyl (C=O) groups is 1. The molecule has 0 bridgehead atoms. The Morgan fingerprint density at radius 1 is 1.10 bits per heavy atom. The van der Waals surface area contributed by atoms with Crippen LogP contribution in [0.5, 0.6) is 0 Å². The summed E-state index contributed by atoms with van der Waals surface area (Å²) in [6, 6.07) is 16.3. The molecule has 30 heavy (non-hydrogen) atoms. The monoisotopic (exact) mass is 432 g/mol. The van der Waals surface area contributed by atoms with Gasteiger partial charge in [-0.3, -0.25) is 0 Å². The van der Waals surface area contributed by atoms with Gasteiger partial charge in [0.2, 0.25) is 0 Å². The van der Waals surface area contributed by atoms with E-state index < -0.39 is 42.5 Å². The van der Waals surface area contributed by atoms with Gasteiger partial charge in [-0.25, -0.2) is 4.79 Å². The summed E-state index contributed by atoms with van der Waals surface area (Å²) in [5, 5.41) is 0.622. The number of carbonyl (C=O) groups excluding carboxylic acids is 1. The highest BCUT2D eigenvalue weighted by Gasteiger charge is 2.57. The van der Waals surface area contributed by atoms with E-state index >= 15 is 0 Å². The summed E-state index contributed by atoms with van der Waals surface area (Å²) < 4.78 is 29.8. The molecule has 0 aromatic heterocycles. The molecule has 0 N–H and O–H groups in total. The average molecular weight is 433 g/mol. The summed E-state index contributed by atoms with van der Waals surface area (Å²) in [5.74, 6) is -1.20. The molecule has 0 aliphatic carbocycles. The van der Waals surface area contributed by atoms with Gasteiger partial charge in [0, 0.05) is 5.02 Å². The Balaban J connectivity index is 1.49. The number of rotatable bonds is 6. The van der Waals surface area contributed by atoms with E-state index in [9.17, 15) is 4.79 Å². The first-order valence-corrected chi connectivity index (χ1v) is 10.3. The molecule has 0 saturated carbocycles. The number of benzene rings is 2. The van der Waals surface area contributed by atoms with Crippen LogP contribution in [-0.2, 0) is 30.3 Å². The zero-order valence-corrected chi connectivity index (χ0v) is 17.9. The predicted molar refractivity (Wildman–Crippen MR) is 110 cm³/mol. The van der Waals surface area contributed by atoms with Crippen LogP contribution < -0.4 is 0 Å². The molecule has 2 aliphatic rings. The Morgan fingerprint density at radius 3 is 2.53 bits per heavy atom. The van der Waals surface area contributed by atoms with Crippen molar-refractivity contribution in [3.05, 3.63) is 70.7 Å². The minimum absolute atomic E-state index is 0.274. The van der Waals surface area contributed by atoms with Gasteiger partial charge in [-0.15, -0.1) is 0 Å². The Bertz CT molecular complexity index is 886. The van der Waals surface area contributed by atoms with Crippen LogP contribution in [0.2, 0.25) is 5.02 Å². The molecule has 160 valence electrons. The fraction of sp³-hybridized carbons (Fsp3) is 0.435. The van der Waals surface area contributed by atoms with Crippen LogP contribution in [0.15, 0.2) is 54.6 Å². The zero-order chi connectivity index (χ0) is 21.3. The second-order valence-electron chi connectivity index (χ2n) is 7.91. The minimum Gasteiger partial charge on any atom is -0.456 e. The van der Waals surface area contributed by atoms with Crippen molar-refractivity contribution in [1.82, 2.24) is 0 Å². The molecule has 2 saturated heterocycles. The number of fused-ring (bicyclic) bond motifs is 1. The summed E-state index contributed by atoms with van der Waals surface area (Å²) in [6.45, 7) is 5.71. The molecular formula is C23H25ClO6. The fourth-order valence-corrected chi connectivity index (χ4v) is 3.94. The number of halogens is 1. The van der Waals surface area contributed by atoms with E-state index in [0.717, 1.165) is 5.56 Å². The average Bonchev–Trinajstić information content (AvgIpc) is 3.20. The van der Waals surface area contributed by atoms with Gasteiger partial charge in [0.05, 0.1) is 12.2 Å². The number of hydrogen-bond donors (Lipinski definition) is 0. The molecule has 2 aliphatic heterocycles. The van der Waals surface area contributed by atoms with Crippen molar-refractivity contribution in [2.45, 2.75) is 63.9 Å². The van der Waals surface area contributed by atoms with Crippen molar-refractivity contribution >= 4 is 17.6 Å². The first-order chi connectivity index (χ1) is 14.3. The van der Waals surface area contributed by atoms with Gasteiger partial charge in [0.15, 0.2) is 12.1 Å². The molecule has 5 atom stereocenters. The lowest BCUT2D eigenvalue weighted by molar-refractivity contribution is -0.229. The van der Waals surface area contributed by atoms with Crippen LogP contribution >= 0.6 is 11.6 Å². The van der Waals surface area contributed by atoms with E-state index in [1.54, 1.807) is 31.2 Å².